The van der Waals surface area contributed by atoms with Gasteiger partial charge in [-0.05, 0) is 19.3 Å². The number of nitrogens with one attached hydrogen (secondary N) is 1. The largest absolute Gasteiger partial charge is 0.471 e. The molecule has 0 aliphatic carbocycles. The second-order valence-electron chi connectivity index (χ2n) is 5.37. The van der Waals surface area contributed by atoms with Crippen molar-refractivity contribution in [1.29, 1.82) is 0 Å². The van der Waals surface area contributed by atoms with Gasteiger partial charge in [-0.2, -0.15) is 0 Å². The predicted molar refractivity (Wildman–Crippen MR) is 73.4 cm³/mol. The quantitative estimate of drug-likeness (QED) is 0.855. The summed E-state index contributed by atoms with van der Waals surface area (Å²) < 4.78 is 5.76. The van der Waals surface area contributed by atoms with Crippen molar-refractivity contribution in [2.45, 2.75) is 37.8 Å². The number of ether oxygens (including phenoxy) is 1. The second-order valence-corrected chi connectivity index (χ2v) is 5.37. The Morgan fingerprint density at radius 1 is 1.38 bits per heavy atom. The van der Waals surface area contributed by atoms with Crippen LogP contribution in [0.3, 0.4) is 0 Å². The SMILES string of the molecule is O=C1CC[C@H](C(=O)N2CCC[C@H](Oc3cnccn3)C2)N1. The first kappa shape index (κ1) is 13.8. The van der Waals surface area contributed by atoms with Crippen LogP contribution in [0.1, 0.15) is 25.7 Å². The lowest BCUT2D eigenvalue weighted by Gasteiger charge is -2.33. The zero-order chi connectivity index (χ0) is 14.7. The lowest BCUT2D eigenvalue weighted by atomic mass is 10.1. The maximum Gasteiger partial charge on any atom is 0.245 e. The summed E-state index contributed by atoms with van der Waals surface area (Å²) in [6.07, 6.45) is 7.46. The van der Waals surface area contributed by atoms with Crippen LogP contribution in [0.25, 0.3) is 0 Å². The molecule has 1 aromatic heterocycles. The van der Waals surface area contributed by atoms with E-state index >= 15 is 0 Å². The summed E-state index contributed by atoms with van der Waals surface area (Å²) in [5.41, 5.74) is 0. The average molecular weight is 290 g/mol. The lowest BCUT2D eigenvalue weighted by Crippen LogP contribution is -2.50. The Balaban J connectivity index is 1.58. The Bertz CT molecular complexity index is 522. The topological polar surface area (TPSA) is 84.4 Å². The van der Waals surface area contributed by atoms with Gasteiger partial charge < -0.3 is 15.0 Å². The Hall–Kier alpha value is -2.18. The second kappa shape index (κ2) is 6.07. The molecule has 2 saturated heterocycles. The van der Waals surface area contributed by atoms with Gasteiger partial charge in [0, 0.05) is 25.4 Å². The fourth-order valence-electron chi connectivity index (χ4n) is 2.77. The van der Waals surface area contributed by atoms with Crippen LogP contribution in [-0.4, -0.2) is 51.9 Å². The summed E-state index contributed by atoms with van der Waals surface area (Å²) in [5, 5.41) is 2.72. The zero-order valence-corrected chi connectivity index (χ0v) is 11.7. The molecule has 1 N–H and O–H groups in total. The van der Waals surface area contributed by atoms with Crippen molar-refractivity contribution < 1.29 is 14.3 Å². The number of piperidine rings is 1. The van der Waals surface area contributed by atoms with Gasteiger partial charge in [-0.15, -0.1) is 0 Å². The molecule has 0 radical (unpaired) electrons. The molecule has 0 spiro atoms. The Labute approximate surface area is 122 Å². The number of likely N-dealkylation sites (tertiary alicyclic amines) is 1. The van der Waals surface area contributed by atoms with E-state index in [1.165, 1.54) is 0 Å². The first-order chi connectivity index (χ1) is 10.2. The van der Waals surface area contributed by atoms with Gasteiger partial charge in [-0.3, -0.25) is 14.6 Å². The average Bonchev–Trinajstić information content (AvgIpc) is 2.94. The number of carbonyl (C=O) groups excluding carboxylic acids is 2. The molecule has 0 saturated carbocycles. The molecule has 7 nitrogen and oxygen atoms in total. The maximum atomic E-state index is 12.4. The minimum absolute atomic E-state index is 0.00621. The van der Waals surface area contributed by atoms with E-state index in [1.54, 1.807) is 23.5 Å². The molecule has 1 aromatic rings. The van der Waals surface area contributed by atoms with Crippen LogP contribution in [0.2, 0.25) is 0 Å². The number of hydrogen-bond acceptors (Lipinski definition) is 5. The summed E-state index contributed by atoms with van der Waals surface area (Å²) in [6.45, 7) is 1.24. The van der Waals surface area contributed by atoms with Gasteiger partial charge in [0.15, 0.2) is 0 Å². The summed E-state index contributed by atoms with van der Waals surface area (Å²) in [4.78, 5) is 33.4. The van der Waals surface area contributed by atoms with Gasteiger partial charge in [-0.1, -0.05) is 0 Å². The van der Waals surface area contributed by atoms with Crippen molar-refractivity contribution in [3.8, 4) is 5.88 Å². The molecule has 0 bridgehead atoms. The van der Waals surface area contributed by atoms with Gasteiger partial charge in [0.05, 0.1) is 12.7 Å². The van der Waals surface area contributed by atoms with Crippen molar-refractivity contribution in [3.05, 3.63) is 18.6 Å². The number of amides is 2. The smallest absolute Gasteiger partial charge is 0.245 e. The third-order valence-corrected chi connectivity index (χ3v) is 3.81. The van der Waals surface area contributed by atoms with Crippen LogP contribution in [0.4, 0.5) is 0 Å². The monoisotopic (exact) mass is 290 g/mol. The Morgan fingerprint density at radius 3 is 3.00 bits per heavy atom. The molecule has 2 amide bonds. The van der Waals surface area contributed by atoms with E-state index in [-0.39, 0.29) is 24.0 Å². The molecular formula is C14H18N4O3. The van der Waals surface area contributed by atoms with Gasteiger partial charge in [0.2, 0.25) is 17.7 Å². The third kappa shape index (κ3) is 3.29. The first-order valence-corrected chi connectivity index (χ1v) is 7.23. The Kier molecular flexibility index (Phi) is 3.98. The van der Waals surface area contributed by atoms with Crippen LogP contribution in [-0.2, 0) is 9.59 Å². The molecule has 2 aliphatic heterocycles. The van der Waals surface area contributed by atoms with Crippen LogP contribution in [0, 0.1) is 0 Å². The van der Waals surface area contributed by atoms with Crippen molar-refractivity contribution in [3.63, 3.8) is 0 Å². The highest BCUT2D eigenvalue weighted by Gasteiger charge is 2.33. The molecule has 3 heterocycles. The summed E-state index contributed by atoms with van der Waals surface area (Å²) in [7, 11) is 0. The molecule has 7 heteroatoms. The highest BCUT2D eigenvalue weighted by molar-refractivity contribution is 5.90. The molecule has 3 rings (SSSR count). The summed E-state index contributed by atoms with van der Waals surface area (Å²) >= 11 is 0. The van der Waals surface area contributed by atoms with Gasteiger partial charge in [0.25, 0.3) is 0 Å². The highest BCUT2D eigenvalue weighted by Crippen LogP contribution is 2.18. The summed E-state index contributed by atoms with van der Waals surface area (Å²) in [5.74, 6) is 0.428. The minimum Gasteiger partial charge on any atom is -0.471 e. The van der Waals surface area contributed by atoms with Crippen molar-refractivity contribution >= 4 is 11.8 Å². The van der Waals surface area contributed by atoms with E-state index < -0.39 is 0 Å². The molecule has 2 atom stereocenters. The molecule has 0 aromatic carbocycles. The fraction of sp³-hybridized carbons (Fsp3) is 0.571. The third-order valence-electron chi connectivity index (χ3n) is 3.81. The number of nitrogens with zero attached hydrogens (tertiary/aromatic N) is 3. The predicted octanol–water partition coefficient (Wildman–Crippen LogP) is 0.125. The van der Waals surface area contributed by atoms with Crippen molar-refractivity contribution in [1.82, 2.24) is 20.2 Å². The zero-order valence-electron chi connectivity index (χ0n) is 11.7. The molecule has 2 fully saturated rings. The van der Waals surface area contributed by atoms with E-state index in [4.69, 9.17) is 4.74 Å². The highest BCUT2D eigenvalue weighted by atomic mass is 16.5. The normalized spacial score (nSPS) is 25.5. The molecule has 21 heavy (non-hydrogen) atoms. The molecule has 0 unspecified atom stereocenters. The van der Waals surface area contributed by atoms with Gasteiger partial charge in [0.1, 0.15) is 12.1 Å². The van der Waals surface area contributed by atoms with E-state index in [9.17, 15) is 9.59 Å². The molecular weight excluding hydrogens is 272 g/mol. The maximum absolute atomic E-state index is 12.4. The number of aromatic nitrogens is 2. The lowest BCUT2D eigenvalue weighted by molar-refractivity contribution is -0.136. The standard InChI is InChI=1S/C14H18N4O3/c19-12-4-3-11(17-12)14(20)18-7-1-2-10(9-18)21-13-8-15-5-6-16-13/h5-6,8,10-11H,1-4,7,9H2,(H,17,19)/t10-,11+/m0/s1. The number of hydrogen-bond donors (Lipinski definition) is 1. The van der Waals surface area contributed by atoms with E-state index in [0.29, 0.717) is 31.8 Å². The van der Waals surface area contributed by atoms with E-state index in [1.807, 2.05) is 0 Å². The number of carbonyl (C=O) groups is 2. The molecule has 112 valence electrons. The van der Waals surface area contributed by atoms with Crippen LogP contribution in [0.15, 0.2) is 18.6 Å². The van der Waals surface area contributed by atoms with Gasteiger partial charge in [-0.25, -0.2) is 4.98 Å². The van der Waals surface area contributed by atoms with Crippen LogP contribution < -0.4 is 10.1 Å². The van der Waals surface area contributed by atoms with E-state index in [2.05, 4.69) is 15.3 Å². The van der Waals surface area contributed by atoms with Crippen LogP contribution in [0.5, 0.6) is 5.88 Å². The van der Waals surface area contributed by atoms with Crippen molar-refractivity contribution in [2.24, 2.45) is 0 Å². The van der Waals surface area contributed by atoms with Crippen LogP contribution >= 0.6 is 0 Å². The molecule has 2 aliphatic rings. The van der Waals surface area contributed by atoms with Crippen molar-refractivity contribution in [2.75, 3.05) is 13.1 Å². The minimum atomic E-state index is -0.368. The summed E-state index contributed by atoms with van der Waals surface area (Å²) in [6, 6.07) is -0.368. The fourth-order valence-corrected chi connectivity index (χ4v) is 2.77. The number of rotatable bonds is 3. The Morgan fingerprint density at radius 2 is 2.29 bits per heavy atom. The van der Waals surface area contributed by atoms with E-state index in [0.717, 1.165) is 12.8 Å². The first-order valence-electron chi connectivity index (χ1n) is 7.23. The van der Waals surface area contributed by atoms with Gasteiger partial charge >= 0.3 is 0 Å².